The maximum absolute atomic E-state index is 12.4. The smallest absolute Gasteiger partial charge is 0.356 e. The van der Waals surface area contributed by atoms with Crippen molar-refractivity contribution < 1.29 is 33.3 Å². The zero-order chi connectivity index (χ0) is 40.6. The topological polar surface area (TPSA) is 152 Å². The van der Waals surface area contributed by atoms with Crippen LogP contribution in [0.3, 0.4) is 0 Å². The van der Waals surface area contributed by atoms with Gasteiger partial charge in [0, 0.05) is 13.0 Å². The van der Waals surface area contributed by atoms with E-state index in [1.54, 1.807) is 38.5 Å². The van der Waals surface area contributed by atoms with Crippen LogP contribution >= 0.6 is 0 Å². The molecule has 298 valence electrons. The lowest BCUT2D eigenvalue weighted by Crippen LogP contribution is -2.67. The fourth-order valence-corrected chi connectivity index (χ4v) is 12.1. The number of pyridine rings is 2. The lowest BCUT2D eigenvalue weighted by molar-refractivity contribution is 0.0590. The Morgan fingerprint density at radius 2 is 1.19 bits per heavy atom. The number of hydrogen-bond donors (Lipinski definition) is 1. The van der Waals surface area contributed by atoms with Crippen molar-refractivity contribution in [1.82, 2.24) is 29.2 Å². The third kappa shape index (κ3) is 7.10. The van der Waals surface area contributed by atoms with Gasteiger partial charge in [0.2, 0.25) is 0 Å². The van der Waals surface area contributed by atoms with Crippen LogP contribution in [0.2, 0.25) is 5.04 Å². The van der Waals surface area contributed by atoms with Gasteiger partial charge in [-0.2, -0.15) is 0 Å². The number of esters is 1. The van der Waals surface area contributed by atoms with E-state index in [9.17, 15) is 14.7 Å². The molecule has 57 heavy (non-hydrogen) atoms. The molecule has 0 aliphatic heterocycles. The number of fused-ring (bicyclic) bond motifs is 2. The molecule has 2 saturated carbocycles. The van der Waals surface area contributed by atoms with Crippen molar-refractivity contribution in [2.24, 2.45) is 0 Å². The van der Waals surface area contributed by atoms with Crippen LogP contribution in [-0.2, 0) is 20.0 Å². The minimum Gasteiger partial charge on any atom is -0.493 e. The molecule has 2 aromatic carbocycles. The second kappa shape index (κ2) is 15.5. The van der Waals surface area contributed by atoms with Gasteiger partial charge >= 0.3 is 5.97 Å². The Kier molecular flexibility index (Phi) is 10.8. The van der Waals surface area contributed by atoms with E-state index in [1.165, 1.54) is 26.5 Å². The number of aromatic nitrogens is 6. The molecule has 0 bridgehead atoms. The van der Waals surface area contributed by atoms with Crippen molar-refractivity contribution in [2.45, 2.75) is 75.7 Å². The molecule has 2 aliphatic rings. The second-order valence-electron chi connectivity index (χ2n) is 15.9. The first-order chi connectivity index (χ1) is 27.4. The molecule has 13 nitrogen and oxygen atoms in total. The summed E-state index contributed by atoms with van der Waals surface area (Å²) >= 11 is 0. The number of nitrogens with zero attached hydrogens (tertiary/aromatic N) is 6. The number of methoxy groups -OCH3 is 3. The number of aliphatic hydroxyl groups is 1. The molecule has 4 aromatic heterocycles. The highest BCUT2D eigenvalue weighted by atomic mass is 28.4. The van der Waals surface area contributed by atoms with E-state index in [2.05, 4.69) is 79.4 Å². The van der Waals surface area contributed by atoms with Gasteiger partial charge in [0.1, 0.15) is 5.69 Å². The summed E-state index contributed by atoms with van der Waals surface area (Å²) in [6, 6.07) is 28.0. The van der Waals surface area contributed by atoms with E-state index in [1.807, 2.05) is 19.1 Å². The van der Waals surface area contributed by atoms with Gasteiger partial charge in [0.05, 0.1) is 38.8 Å². The molecule has 2 fully saturated rings. The minimum absolute atomic E-state index is 0.00273. The Morgan fingerprint density at radius 1 is 0.719 bits per heavy atom. The van der Waals surface area contributed by atoms with Crippen LogP contribution in [0, 0.1) is 0 Å². The highest BCUT2D eigenvalue weighted by Gasteiger charge is 2.55. The fourth-order valence-electron chi connectivity index (χ4n) is 7.49. The van der Waals surface area contributed by atoms with Crippen LogP contribution in [0.1, 0.15) is 92.4 Å². The van der Waals surface area contributed by atoms with Crippen molar-refractivity contribution in [3.8, 4) is 11.5 Å². The second-order valence-corrected chi connectivity index (χ2v) is 20.2. The van der Waals surface area contributed by atoms with Crippen molar-refractivity contribution in [2.75, 3.05) is 34.5 Å². The monoisotopic (exact) mass is 790 g/mol. The van der Waals surface area contributed by atoms with Crippen molar-refractivity contribution in [1.29, 1.82) is 0 Å². The first kappa shape index (κ1) is 39.8. The Bertz CT molecular complexity index is 2360. The zero-order valence-corrected chi connectivity index (χ0v) is 34.6. The molecule has 6 aromatic rings. The number of Topliss-reactive ketones (excluding diaryl/α,β-unsaturated/α-hetero) is 1. The van der Waals surface area contributed by atoms with E-state index in [0.29, 0.717) is 58.9 Å². The standard InChI is InChI=1S/C29H33N3O4Si.C14H17N3O3/c1-28(2,3)37(21-12-8-6-9-13-21,22-14-10-7-11-15-22)36-20-29(18-19-29)27-30-25-24(34-4)17-16-23(26(33)35-5)32(25)31-27;1-3-10(19)9-4-5-11(20-2)12-15-13(16-17(9)12)14(8-18)6-7-14/h6-17H,18-20H2,1-5H3;4-5,18H,3,6-8H2,1-2H3. The van der Waals surface area contributed by atoms with Crippen LogP contribution < -0.4 is 19.8 Å². The van der Waals surface area contributed by atoms with Crippen molar-refractivity contribution >= 4 is 41.7 Å². The van der Waals surface area contributed by atoms with Gasteiger partial charge < -0.3 is 23.7 Å². The van der Waals surface area contributed by atoms with E-state index in [0.717, 1.165) is 25.7 Å². The van der Waals surface area contributed by atoms with Crippen LogP contribution in [0.5, 0.6) is 11.5 Å². The summed E-state index contributed by atoms with van der Waals surface area (Å²) in [6.45, 7) is 9.16. The molecular weight excluding hydrogens is 741 g/mol. The molecule has 14 heteroatoms. The Hall–Kier alpha value is -5.44. The number of carbonyl (C=O) groups excluding carboxylic acids is 2. The number of rotatable bonds is 13. The highest BCUT2D eigenvalue weighted by Crippen LogP contribution is 2.49. The average Bonchev–Trinajstić information content (AvgIpc) is 4.12. The SMILES string of the molecule is CCC(=O)c1ccc(OC)c2nc(C3(CO)CC3)nn12.COC(=O)c1ccc(OC)c2nc(C3(CO[Si](c4ccccc4)(c4ccccc4)C(C)(C)C)CC3)nn12. The number of benzene rings is 2. The first-order valence-electron chi connectivity index (χ1n) is 19.3. The fraction of sp³-hybridized carbons (Fsp3) is 0.395. The van der Waals surface area contributed by atoms with Gasteiger partial charge in [0.25, 0.3) is 8.32 Å². The number of carbonyl (C=O) groups is 2. The molecule has 2 aliphatic carbocycles. The van der Waals surface area contributed by atoms with Crippen LogP contribution in [0.25, 0.3) is 11.3 Å². The molecule has 0 amide bonds. The first-order valence-corrected chi connectivity index (χ1v) is 21.2. The molecule has 0 spiro atoms. The normalized spacial score (nSPS) is 15.4. The summed E-state index contributed by atoms with van der Waals surface area (Å²) in [6.07, 6.45) is 3.98. The van der Waals surface area contributed by atoms with Gasteiger partial charge in [-0.05, 0) is 65.4 Å². The summed E-state index contributed by atoms with van der Waals surface area (Å²) in [5.41, 5.74) is 1.18. The lowest BCUT2D eigenvalue weighted by atomic mass is 10.1. The summed E-state index contributed by atoms with van der Waals surface area (Å²) < 4.78 is 26.1. The Labute approximate surface area is 333 Å². The molecule has 1 N–H and O–H groups in total. The summed E-state index contributed by atoms with van der Waals surface area (Å²) in [7, 11) is 1.80. The summed E-state index contributed by atoms with van der Waals surface area (Å²) in [5.74, 6) is 1.91. The number of hydrogen-bond acceptors (Lipinski definition) is 11. The molecule has 0 atom stereocenters. The molecule has 0 unspecified atom stereocenters. The van der Waals surface area contributed by atoms with Crippen LogP contribution in [-0.4, -0.2) is 88.9 Å². The maximum atomic E-state index is 12.4. The average molecular weight is 791 g/mol. The maximum Gasteiger partial charge on any atom is 0.356 e. The van der Waals surface area contributed by atoms with Gasteiger partial charge in [-0.25, -0.2) is 23.8 Å². The van der Waals surface area contributed by atoms with Gasteiger partial charge in [-0.3, -0.25) is 4.79 Å². The molecule has 0 saturated heterocycles. The molecule has 0 radical (unpaired) electrons. The van der Waals surface area contributed by atoms with Crippen LogP contribution in [0.15, 0.2) is 84.9 Å². The van der Waals surface area contributed by atoms with Gasteiger partial charge in [-0.1, -0.05) is 88.4 Å². The predicted octanol–water partition coefficient (Wildman–Crippen LogP) is 5.49. The highest BCUT2D eigenvalue weighted by molar-refractivity contribution is 6.99. The molecular formula is C43H50N6O7Si. The summed E-state index contributed by atoms with van der Waals surface area (Å²) in [4.78, 5) is 33.7. The van der Waals surface area contributed by atoms with E-state index in [-0.39, 0.29) is 28.3 Å². The van der Waals surface area contributed by atoms with E-state index >= 15 is 0 Å². The lowest BCUT2D eigenvalue weighted by Gasteiger charge is -2.43. The van der Waals surface area contributed by atoms with Crippen molar-refractivity contribution in [3.63, 3.8) is 0 Å². The third-order valence-corrected chi connectivity index (χ3v) is 16.3. The van der Waals surface area contributed by atoms with Gasteiger partial charge in [-0.15, -0.1) is 10.2 Å². The number of ketones is 1. The molecule has 4 heterocycles. The quantitative estimate of drug-likeness (QED) is 0.0899. The largest absolute Gasteiger partial charge is 0.493 e. The van der Waals surface area contributed by atoms with E-state index in [4.69, 9.17) is 28.7 Å². The van der Waals surface area contributed by atoms with Gasteiger partial charge in [0.15, 0.2) is 45.9 Å². The third-order valence-electron chi connectivity index (χ3n) is 11.3. The Morgan fingerprint density at radius 3 is 1.61 bits per heavy atom. The number of aliphatic hydroxyl groups excluding tert-OH is 1. The predicted molar refractivity (Wildman–Crippen MR) is 218 cm³/mol. The van der Waals surface area contributed by atoms with E-state index < -0.39 is 14.3 Å². The summed E-state index contributed by atoms with van der Waals surface area (Å²) in [5, 5.41) is 21.1. The zero-order valence-electron chi connectivity index (χ0n) is 33.6. The minimum atomic E-state index is -2.70. The molecule has 8 rings (SSSR count). The van der Waals surface area contributed by atoms with Crippen molar-refractivity contribution in [3.05, 3.63) is 108 Å². The number of ether oxygens (including phenoxy) is 3. The van der Waals surface area contributed by atoms with Crippen LogP contribution in [0.4, 0.5) is 0 Å². The Balaban J connectivity index is 0.000000208.